The van der Waals surface area contributed by atoms with Crippen LogP contribution in [0.25, 0.3) is 0 Å². The zero-order valence-corrected chi connectivity index (χ0v) is 8.21. The van der Waals surface area contributed by atoms with Crippen LogP contribution in [0.3, 0.4) is 0 Å². The van der Waals surface area contributed by atoms with E-state index in [4.69, 9.17) is 0 Å². The minimum Gasteiger partial charge on any atom is -0.255 e. The molecule has 0 heterocycles. The van der Waals surface area contributed by atoms with E-state index in [1.807, 2.05) is 0 Å². The van der Waals surface area contributed by atoms with Crippen molar-refractivity contribution in [2.45, 2.75) is 9.61 Å². The minimum absolute atomic E-state index is 0.120. The number of halogens is 4. The summed E-state index contributed by atoms with van der Waals surface area (Å²) < 4.78 is 33.2. The number of thioether (sulfide) groups is 1. The molecule has 0 bridgehead atoms. The van der Waals surface area contributed by atoms with Gasteiger partial charge in [0, 0.05) is 4.90 Å². The fourth-order valence-corrected chi connectivity index (χ4v) is 1.59. The van der Waals surface area contributed by atoms with E-state index in [1.165, 1.54) is 12.1 Å². The van der Waals surface area contributed by atoms with Crippen molar-refractivity contribution in [2.24, 2.45) is 0 Å². The third-order valence-corrected chi connectivity index (χ3v) is 2.29. The minimum atomic E-state index is -3.40. The van der Waals surface area contributed by atoms with E-state index in [2.05, 4.69) is 11.6 Å². The van der Waals surface area contributed by atoms with Crippen LogP contribution in [0.1, 0.15) is 10.4 Å². The first-order valence-corrected chi connectivity index (χ1v) is 4.63. The lowest BCUT2D eigenvalue weighted by molar-refractivity contribution is 0.0836. The molecule has 0 aromatic heterocycles. The summed E-state index contributed by atoms with van der Waals surface area (Å²) >= 11 is 4.78. The van der Waals surface area contributed by atoms with Gasteiger partial charge in [-0.25, -0.2) is 0 Å². The van der Waals surface area contributed by atoms with Gasteiger partial charge in [-0.1, -0.05) is 0 Å². The van der Waals surface area contributed by atoms with Crippen molar-refractivity contribution in [2.75, 3.05) is 0 Å². The van der Waals surface area contributed by atoms with Gasteiger partial charge in [-0.05, 0) is 47.6 Å². The Bertz CT molecular complexity index is 333. The molecule has 6 heteroatoms. The van der Waals surface area contributed by atoms with E-state index >= 15 is 0 Å². The molecular formula is C8H4ClF3OS. The molecule has 0 aliphatic carbocycles. The molecule has 14 heavy (non-hydrogen) atoms. The number of alkyl halides is 3. The van der Waals surface area contributed by atoms with Gasteiger partial charge in [-0.2, -0.15) is 13.2 Å². The van der Waals surface area contributed by atoms with Crippen LogP contribution in [0, 0.1) is 0 Å². The summed E-state index contributed by atoms with van der Waals surface area (Å²) in [5.74, 6) is 0. The molecule has 0 spiro atoms. The highest BCUT2D eigenvalue weighted by molar-refractivity contribution is 8.01. The van der Waals surface area contributed by atoms with Crippen molar-refractivity contribution in [1.29, 1.82) is 0 Å². The highest BCUT2D eigenvalue weighted by atomic mass is 35.5. The summed E-state index contributed by atoms with van der Waals surface area (Å²) in [6.45, 7) is 0. The Hall–Kier alpha value is -0.680. The van der Waals surface area contributed by atoms with Gasteiger partial charge in [0.05, 0.1) is 5.56 Å². The lowest BCUT2D eigenvalue weighted by Crippen LogP contribution is -1.97. The molecule has 0 atom stereocenters. The molecule has 0 fully saturated rings. The average molecular weight is 241 g/mol. The number of carbonyl (C=O) groups is 1. The van der Waals surface area contributed by atoms with Crippen molar-refractivity contribution in [3.05, 3.63) is 29.8 Å². The van der Waals surface area contributed by atoms with Crippen LogP contribution in [-0.4, -0.2) is 10.8 Å². The summed E-state index contributed by atoms with van der Waals surface area (Å²) in [6, 6.07) is 3.04. The number of hydrogen-bond donors (Lipinski definition) is 0. The van der Waals surface area contributed by atoms with Crippen molar-refractivity contribution >= 4 is 29.4 Å². The molecule has 0 amide bonds. The second kappa shape index (κ2) is 4.23. The Morgan fingerprint density at radius 3 is 2.14 bits per heavy atom. The molecule has 0 N–H and O–H groups in total. The van der Waals surface area contributed by atoms with Crippen LogP contribution in [0.15, 0.2) is 29.2 Å². The summed E-state index contributed by atoms with van der Waals surface area (Å²) in [6.07, 6.45) is 0. The van der Waals surface area contributed by atoms with E-state index in [1.54, 1.807) is 0 Å². The number of benzene rings is 1. The third kappa shape index (κ3) is 3.59. The van der Waals surface area contributed by atoms with Gasteiger partial charge < -0.3 is 0 Å². The molecule has 0 aliphatic rings. The fourth-order valence-electron chi connectivity index (χ4n) is 0.788. The molecule has 76 valence electrons. The maximum absolute atomic E-state index is 12.3. The standard InChI is InChI=1S/C8H4ClF3OS/c9-8(11,12)14-6-3-1-5(2-4-6)7(10)13/h1-4H. The number of rotatable bonds is 3. The maximum Gasteiger partial charge on any atom is 0.375 e. The van der Waals surface area contributed by atoms with Crippen LogP contribution in [0.5, 0.6) is 0 Å². The zero-order valence-electron chi connectivity index (χ0n) is 6.64. The Labute approximate surface area is 87.2 Å². The van der Waals surface area contributed by atoms with Gasteiger partial charge in [0.15, 0.2) is 0 Å². The van der Waals surface area contributed by atoms with Crippen molar-refractivity contribution in [1.82, 2.24) is 0 Å². The zero-order chi connectivity index (χ0) is 10.8. The topological polar surface area (TPSA) is 17.1 Å². The van der Waals surface area contributed by atoms with Crippen molar-refractivity contribution in [3.8, 4) is 0 Å². The van der Waals surface area contributed by atoms with Gasteiger partial charge in [0.1, 0.15) is 0 Å². The van der Waals surface area contributed by atoms with Gasteiger partial charge in [0.25, 0.3) is 0 Å². The van der Waals surface area contributed by atoms with Crippen LogP contribution < -0.4 is 0 Å². The maximum atomic E-state index is 12.3. The van der Waals surface area contributed by atoms with Gasteiger partial charge in [-0.3, -0.25) is 4.79 Å². The Balaban J connectivity index is 2.79. The van der Waals surface area contributed by atoms with E-state index in [0.717, 1.165) is 12.1 Å². The third-order valence-electron chi connectivity index (χ3n) is 1.31. The monoisotopic (exact) mass is 240 g/mol. The Kier molecular flexibility index (Phi) is 3.44. The van der Waals surface area contributed by atoms with E-state index in [0.29, 0.717) is 0 Å². The Morgan fingerprint density at radius 1 is 1.29 bits per heavy atom. The lowest BCUT2D eigenvalue weighted by atomic mass is 10.2. The van der Waals surface area contributed by atoms with Gasteiger partial charge in [-0.15, -0.1) is 0 Å². The molecule has 0 saturated carbocycles. The summed E-state index contributed by atoms with van der Waals surface area (Å²) in [4.78, 5) is 10.4. The highest BCUT2D eigenvalue weighted by Gasteiger charge is 2.26. The number of hydrogen-bond acceptors (Lipinski definition) is 2. The highest BCUT2D eigenvalue weighted by Crippen LogP contribution is 2.38. The van der Waals surface area contributed by atoms with Crippen molar-refractivity contribution < 1.29 is 18.0 Å². The molecule has 0 aliphatic heterocycles. The second-order valence-electron chi connectivity index (χ2n) is 2.35. The molecule has 1 aromatic carbocycles. The molecule has 0 radical (unpaired) electrons. The molecule has 1 aromatic rings. The van der Waals surface area contributed by atoms with Crippen molar-refractivity contribution in [3.63, 3.8) is 0 Å². The first kappa shape index (κ1) is 11.4. The average Bonchev–Trinajstić information content (AvgIpc) is 2.02. The SMILES string of the molecule is O=C(F)c1ccc(SC(F)(F)Cl)cc1. The summed E-state index contributed by atoms with van der Waals surface area (Å²) in [7, 11) is 0. The van der Waals surface area contributed by atoms with Crippen LogP contribution >= 0.6 is 23.4 Å². The molecule has 1 nitrogen and oxygen atoms in total. The van der Waals surface area contributed by atoms with Crippen LogP contribution in [0.2, 0.25) is 0 Å². The first-order valence-electron chi connectivity index (χ1n) is 3.44. The van der Waals surface area contributed by atoms with E-state index in [9.17, 15) is 18.0 Å². The predicted molar refractivity (Wildman–Crippen MR) is 48.5 cm³/mol. The lowest BCUT2D eigenvalue weighted by Gasteiger charge is -2.06. The molecule has 1 rings (SSSR count). The molecule has 0 saturated heterocycles. The second-order valence-corrected chi connectivity index (χ2v) is 4.23. The fraction of sp³-hybridized carbons (Fsp3) is 0.125. The Morgan fingerprint density at radius 2 is 1.79 bits per heavy atom. The summed E-state index contributed by atoms with van der Waals surface area (Å²) in [5, 5.41) is 0. The normalized spacial score (nSPS) is 11.4. The van der Waals surface area contributed by atoms with Gasteiger partial charge >= 0.3 is 10.8 Å². The quantitative estimate of drug-likeness (QED) is 0.455. The first-order chi connectivity index (χ1) is 6.38. The smallest absolute Gasteiger partial charge is 0.255 e. The molecule has 0 unspecified atom stereocenters. The number of carbonyl (C=O) groups excluding carboxylic acids is 1. The summed E-state index contributed by atoms with van der Waals surface area (Å²) in [5.41, 5.74) is -0.174. The predicted octanol–water partition coefficient (Wildman–Crippen LogP) is 3.68. The largest absolute Gasteiger partial charge is 0.375 e. The van der Waals surface area contributed by atoms with E-state index in [-0.39, 0.29) is 22.2 Å². The van der Waals surface area contributed by atoms with Crippen LogP contribution in [0.4, 0.5) is 13.2 Å². The van der Waals surface area contributed by atoms with E-state index < -0.39 is 10.8 Å². The van der Waals surface area contributed by atoms with Gasteiger partial charge in [0.2, 0.25) is 0 Å². The van der Waals surface area contributed by atoms with Crippen LogP contribution in [-0.2, 0) is 0 Å². The molecular weight excluding hydrogens is 237 g/mol.